The Morgan fingerprint density at radius 3 is 2.21 bits per heavy atom. The summed E-state index contributed by atoms with van der Waals surface area (Å²) in [5.41, 5.74) is 3.91. The zero-order chi connectivity index (χ0) is 24.7. The Hall–Kier alpha value is -3.47. The van der Waals surface area contributed by atoms with Crippen LogP contribution in [-0.4, -0.2) is 23.0 Å². The van der Waals surface area contributed by atoms with Crippen LogP contribution in [0.1, 0.15) is 22.3 Å². The zero-order valence-electron chi connectivity index (χ0n) is 18.7. The number of nitrogens with one attached hydrogen (secondary N) is 2. The minimum atomic E-state index is -0.956. The normalized spacial score (nSPS) is 11.4. The van der Waals surface area contributed by atoms with Gasteiger partial charge in [0.25, 0.3) is 5.69 Å². The summed E-state index contributed by atoms with van der Waals surface area (Å²) in [5, 5.41) is 16.5. The summed E-state index contributed by atoms with van der Waals surface area (Å²) in [7, 11) is 0. The fourth-order valence-corrected chi connectivity index (χ4v) is 4.36. The van der Waals surface area contributed by atoms with E-state index in [9.17, 15) is 19.7 Å². The van der Waals surface area contributed by atoms with E-state index in [1.165, 1.54) is 12.1 Å². The van der Waals surface area contributed by atoms with Gasteiger partial charge in [0.1, 0.15) is 12.6 Å². The molecule has 8 nitrogen and oxygen atoms in total. The van der Waals surface area contributed by atoms with E-state index in [0.29, 0.717) is 11.3 Å². The number of non-ortho nitro benzene ring substituents is 1. The standard InChI is InChI=1S/C25H24IN3O5/c1-16-12-20(26)13-17(2)23(16)28-24(30)22(14-18-8-10-21(11-9-18)29(32)33)27-25(31)34-15-19-6-4-3-5-7-19/h3-13,22H,14-15H2,1-2H3,(H,27,31)(H,28,30)/t22-/m0/s1. The molecule has 0 aliphatic carbocycles. The van der Waals surface area contributed by atoms with Crippen molar-refractivity contribution in [3.05, 3.63) is 103 Å². The lowest BCUT2D eigenvalue weighted by Crippen LogP contribution is -2.45. The van der Waals surface area contributed by atoms with Gasteiger partial charge in [-0.2, -0.15) is 0 Å². The fourth-order valence-electron chi connectivity index (χ4n) is 3.42. The lowest BCUT2D eigenvalue weighted by Gasteiger charge is -2.20. The number of carbonyl (C=O) groups excluding carboxylic acids is 2. The minimum Gasteiger partial charge on any atom is -0.445 e. The summed E-state index contributed by atoms with van der Waals surface area (Å²) in [6, 6.07) is 18.0. The Morgan fingerprint density at radius 2 is 1.62 bits per heavy atom. The highest BCUT2D eigenvalue weighted by Gasteiger charge is 2.24. The lowest BCUT2D eigenvalue weighted by molar-refractivity contribution is -0.384. The Morgan fingerprint density at radius 1 is 1.00 bits per heavy atom. The number of nitro groups is 1. The third-order valence-electron chi connectivity index (χ3n) is 5.15. The third-order valence-corrected chi connectivity index (χ3v) is 5.78. The summed E-state index contributed by atoms with van der Waals surface area (Å²) >= 11 is 2.21. The number of nitro benzene ring substituents is 1. The number of hydrogen-bond acceptors (Lipinski definition) is 5. The van der Waals surface area contributed by atoms with Gasteiger partial charge in [-0.1, -0.05) is 42.5 Å². The van der Waals surface area contributed by atoms with Crippen LogP contribution in [0.4, 0.5) is 16.2 Å². The van der Waals surface area contributed by atoms with Crippen LogP contribution >= 0.6 is 22.6 Å². The summed E-state index contributed by atoms with van der Waals surface area (Å²) in [4.78, 5) is 36.1. The van der Waals surface area contributed by atoms with E-state index in [2.05, 4.69) is 33.2 Å². The number of ether oxygens (including phenoxy) is 1. The van der Waals surface area contributed by atoms with Gasteiger partial charge < -0.3 is 15.4 Å². The van der Waals surface area contributed by atoms with Gasteiger partial charge in [0.05, 0.1) is 4.92 Å². The first-order valence-electron chi connectivity index (χ1n) is 10.5. The van der Waals surface area contributed by atoms with Crippen LogP contribution in [0.15, 0.2) is 66.7 Å². The van der Waals surface area contributed by atoms with Gasteiger partial charge in [0.2, 0.25) is 5.91 Å². The monoisotopic (exact) mass is 573 g/mol. The number of nitrogens with zero attached hydrogens (tertiary/aromatic N) is 1. The SMILES string of the molecule is Cc1cc(I)cc(C)c1NC(=O)[C@H](Cc1ccc([N+](=O)[O-])cc1)NC(=O)OCc1ccccc1. The Kier molecular flexibility index (Phi) is 8.58. The topological polar surface area (TPSA) is 111 Å². The number of amides is 2. The van der Waals surface area contributed by atoms with Crippen molar-refractivity contribution in [1.29, 1.82) is 0 Å². The van der Waals surface area contributed by atoms with Crippen LogP contribution in [0.5, 0.6) is 0 Å². The lowest BCUT2D eigenvalue weighted by atomic mass is 10.0. The quantitative estimate of drug-likeness (QED) is 0.216. The highest BCUT2D eigenvalue weighted by molar-refractivity contribution is 14.1. The van der Waals surface area contributed by atoms with Crippen molar-refractivity contribution in [3.8, 4) is 0 Å². The zero-order valence-corrected chi connectivity index (χ0v) is 20.9. The van der Waals surface area contributed by atoms with Crippen molar-refractivity contribution in [2.24, 2.45) is 0 Å². The van der Waals surface area contributed by atoms with E-state index in [-0.39, 0.29) is 18.7 Å². The van der Waals surface area contributed by atoms with Crippen LogP contribution in [0.2, 0.25) is 0 Å². The molecular formula is C25H24IN3O5. The smallest absolute Gasteiger partial charge is 0.408 e. The number of halogens is 1. The van der Waals surface area contributed by atoms with Crippen LogP contribution in [-0.2, 0) is 22.6 Å². The molecule has 0 saturated heterocycles. The second kappa shape index (κ2) is 11.6. The van der Waals surface area contributed by atoms with Crippen molar-refractivity contribution in [3.63, 3.8) is 0 Å². The van der Waals surface area contributed by atoms with Gasteiger partial charge >= 0.3 is 6.09 Å². The maximum atomic E-state index is 13.2. The first-order valence-corrected chi connectivity index (χ1v) is 11.6. The van der Waals surface area contributed by atoms with Gasteiger partial charge in [-0.25, -0.2) is 4.79 Å². The molecule has 0 aliphatic heterocycles. The number of benzene rings is 3. The number of anilines is 1. The number of rotatable bonds is 8. The van der Waals surface area contributed by atoms with Crippen LogP contribution in [0.25, 0.3) is 0 Å². The maximum Gasteiger partial charge on any atom is 0.408 e. The molecule has 2 N–H and O–H groups in total. The van der Waals surface area contributed by atoms with E-state index in [1.54, 1.807) is 12.1 Å². The van der Waals surface area contributed by atoms with Crippen molar-refractivity contribution >= 4 is 46.0 Å². The first kappa shape index (κ1) is 25.2. The molecule has 0 fully saturated rings. The molecule has 0 aliphatic rings. The number of alkyl carbamates (subject to hydrolysis) is 1. The number of aryl methyl sites for hydroxylation is 2. The molecule has 0 aromatic heterocycles. The van der Waals surface area contributed by atoms with Crippen molar-refractivity contribution in [1.82, 2.24) is 5.32 Å². The summed E-state index contributed by atoms with van der Waals surface area (Å²) in [6.07, 6.45) is -0.603. The molecule has 34 heavy (non-hydrogen) atoms. The number of carbonyl (C=O) groups is 2. The molecule has 0 unspecified atom stereocenters. The predicted molar refractivity (Wildman–Crippen MR) is 138 cm³/mol. The largest absolute Gasteiger partial charge is 0.445 e. The second-order valence-electron chi connectivity index (χ2n) is 7.79. The average molecular weight is 573 g/mol. The molecule has 2 amide bonds. The highest BCUT2D eigenvalue weighted by Crippen LogP contribution is 2.24. The molecular weight excluding hydrogens is 549 g/mol. The molecule has 0 spiro atoms. The molecule has 176 valence electrons. The van der Waals surface area contributed by atoms with E-state index >= 15 is 0 Å². The van der Waals surface area contributed by atoms with E-state index < -0.39 is 23.0 Å². The maximum absolute atomic E-state index is 13.2. The van der Waals surface area contributed by atoms with Crippen LogP contribution in [0, 0.1) is 27.5 Å². The average Bonchev–Trinajstić information content (AvgIpc) is 2.80. The fraction of sp³-hybridized carbons (Fsp3) is 0.200. The van der Waals surface area contributed by atoms with Gasteiger partial charge in [-0.3, -0.25) is 14.9 Å². The molecule has 0 heterocycles. The van der Waals surface area contributed by atoms with Gasteiger partial charge in [0, 0.05) is 27.8 Å². The Balaban J connectivity index is 1.76. The van der Waals surface area contributed by atoms with Crippen molar-refractivity contribution in [2.75, 3.05) is 5.32 Å². The van der Waals surface area contributed by atoms with E-state index in [4.69, 9.17) is 4.74 Å². The van der Waals surface area contributed by atoms with Gasteiger partial charge in [-0.05, 0) is 70.8 Å². The highest BCUT2D eigenvalue weighted by atomic mass is 127. The summed E-state index contributed by atoms with van der Waals surface area (Å²) < 4.78 is 6.34. The summed E-state index contributed by atoms with van der Waals surface area (Å²) in [5.74, 6) is -0.414. The Bertz CT molecular complexity index is 1160. The van der Waals surface area contributed by atoms with Gasteiger partial charge in [0.15, 0.2) is 0 Å². The third kappa shape index (κ3) is 7.01. The van der Waals surface area contributed by atoms with E-state index in [1.807, 2.05) is 56.3 Å². The minimum absolute atomic E-state index is 0.0508. The first-order chi connectivity index (χ1) is 16.2. The van der Waals surface area contributed by atoms with Crippen molar-refractivity contribution in [2.45, 2.75) is 32.9 Å². The second-order valence-corrected chi connectivity index (χ2v) is 9.04. The summed E-state index contributed by atoms with van der Waals surface area (Å²) in [6.45, 7) is 3.86. The molecule has 0 saturated carbocycles. The molecule has 0 radical (unpaired) electrons. The van der Waals surface area contributed by atoms with Gasteiger partial charge in [-0.15, -0.1) is 0 Å². The Labute approximate surface area is 211 Å². The number of hydrogen-bond donors (Lipinski definition) is 2. The molecule has 3 aromatic rings. The molecule has 3 rings (SSSR count). The molecule has 1 atom stereocenters. The van der Waals surface area contributed by atoms with Crippen LogP contribution < -0.4 is 10.6 Å². The van der Waals surface area contributed by atoms with Crippen molar-refractivity contribution < 1.29 is 19.2 Å². The predicted octanol–water partition coefficient (Wildman–Crippen LogP) is 5.29. The van der Waals surface area contributed by atoms with E-state index in [0.717, 1.165) is 20.3 Å². The molecule has 9 heteroatoms. The molecule has 3 aromatic carbocycles. The molecule has 0 bridgehead atoms. The van der Waals surface area contributed by atoms with Crippen LogP contribution in [0.3, 0.4) is 0 Å².